The van der Waals surface area contributed by atoms with Crippen LogP contribution in [0.15, 0.2) is 48.8 Å². The minimum Gasteiger partial charge on any atom is -0.444 e. The summed E-state index contributed by atoms with van der Waals surface area (Å²) in [6.45, 7) is 5.35. The third kappa shape index (κ3) is 10.1. The van der Waals surface area contributed by atoms with Crippen molar-refractivity contribution in [1.82, 2.24) is 4.98 Å². The maximum Gasteiger partial charge on any atom is 0.405 e. The molecule has 1 aromatic heterocycles. The molecule has 0 aliphatic heterocycles. The van der Waals surface area contributed by atoms with Gasteiger partial charge in [-0.3, -0.25) is 4.98 Å². The third-order valence-corrected chi connectivity index (χ3v) is 3.21. The number of benzene rings is 1. The van der Waals surface area contributed by atoms with Crippen LogP contribution in [0.1, 0.15) is 43.9 Å². The Hall–Kier alpha value is -2.40. The fourth-order valence-electron chi connectivity index (χ4n) is 2.21. The first-order valence-electron chi connectivity index (χ1n) is 8.36. The zero-order valence-corrected chi connectivity index (χ0v) is 15.2. The number of hydrogen-bond acceptors (Lipinski definition) is 4. The van der Waals surface area contributed by atoms with Crippen molar-refractivity contribution in [2.45, 2.75) is 52.2 Å². The van der Waals surface area contributed by atoms with Gasteiger partial charge in [0.1, 0.15) is 5.60 Å². The van der Waals surface area contributed by atoms with Crippen LogP contribution in [0, 0.1) is 0 Å². The van der Waals surface area contributed by atoms with E-state index in [2.05, 4.69) is 34.0 Å². The molecule has 2 aromatic rings. The molecular formula is C20H28N2O3. The van der Waals surface area contributed by atoms with Crippen molar-refractivity contribution in [3.8, 4) is 0 Å². The van der Waals surface area contributed by atoms with Gasteiger partial charge < -0.3 is 15.6 Å². The van der Waals surface area contributed by atoms with Gasteiger partial charge in [-0.15, -0.1) is 0 Å². The summed E-state index contributed by atoms with van der Waals surface area (Å²) < 4.78 is 4.58. The summed E-state index contributed by atoms with van der Waals surface area (Å²) in [5.41, 5.74) is 7.73. The molecule has 0 radical (unpaired) electrons. The Morgan fingerprint density at radius 1 is 1.08 bits per heavy atom. The molecule has 0 fully saturated rings. The van der Waals surface area contributed by atoms with Gasteiger partial charge in [0.2, 0.25) is 0 Å². The summed E-state index contributed by atoms with van der Waals surface area (Å²) in [6.07, 6.45) is 6.07. The molecule has 136 valence electrons. The summed E-state index contributed by atoms with van der Waals surface area (Å²) in [6, 6.07) is 12.5. The molecule has 0 unspecified atom stereocenters. The van der Waals surface area contributed by atoms with Gasteiger partial charge in [0, 0.05) is 12.4 Å². The van der Waals surface area contributed by atoms with Gasteiger partial charge in [-0.2, -0.15) is 0 Å². The van der Waals surface area contributed by atoms with Crippen molar-refractivity contribution in [2.75, 3.05) is 0 Å². The molecule has 1 amide bonds. The van der Waals surface area contributed by atoms with E-state index < -0.39 is 11.7 Å². The Kier molecular flexibility index (Phi) is 8.64. The molecule has 0 aliphatic carbocycles. The largest absolute Gasteiger partial charge is 0.444 e. The van der Waals surface area contributed by atoms with E-state index in [9.17, 15) is 4.79 Å². The molecule has 1 heterocycles. The van der Waals surface area contributed by atoms with E-state index in [4.69, 9.17) is 10.8 Å². The number of aryl methyl sites for hydroxylation is 2. The smallest absolute Gasteiger partial charge is 0.405 e. The normalized spacial score (nSPS) is 10.6. The number of rotatable bonds is 5. The second-order valence-electron chi connectivity index (χ2n) is 6.73. The van der Waals surface area contributed by atoms with E-state index in [0.29, 0.717) is 0 Å². The molecule has 0 saturated carbocycles. The number of nitrogens with zero attached hydrogens (tertiary/aromatic N) is 1. The van der Waals surface area contributed by atoms with Crippen LogP contribution in [-0.4, -0.2) is 21.8 Å². The van der Waals surface area contributed by atoms with E-state index >= 15 is 0 Å². The van der Waals surface area contributed by atoms with Gasteiger partial charge in [0.15, 0.2) is 0 Å². The molecule has 2 rings (SSSR count). The molecule has 0 atom stereocenters. The van der Waals surface area contributed by atoms with Crippen LogP contribution in [0.3, 0.4) is 0 Å². The van der Waals surface area contributed by atoms with Crippen LogP contribution >= 0.6 is 0 Å². The maximum atomic E-state index is 10.0. The maximum absolute atomic E-state index is 10.0. The highest BCUT2D eigenvalue weighted by Crippen LogP contribution is 2.09. The highest BCUT2D eigenvalue weighted by Gasteiger charge is 2.12. The fourth-order valence-corrected chi connectivity index (χ4v) is 2.21. The van der Waals surface area contributed by atoms with Gasteiger partial charge in [-0.05, 0) is 56.7 Å². The van der Waals surface area contributed by atoms with Crippen LogP contribution < -0.4 is 5.73 Å². The molecule has 25 heavy (non-hydrogen) atoms. The van der Waals surface area contributed by atoms with Gasteiger partial charge in [-0.1, -0.05) is 36.4 Å². The standard InChI is InChI=1S/C15H17NO.C5H11NO2/c17-12-15-9-14(10-16-11-15)8-4-7-13-5-2-1-3-6-13;1-5(2,3)8-4(6)7/h1-3,5-6,9-11,17H,4,7-8,12H2;1-3H3,(H2,6,7). The average Bonchev–Trinajstić information content (AvgIpc) is 2.54. The SMILES string of the molecule is CC(C)(C)OC(N)=O.OCc1cncc(CCCc2ccccc2)c1. The number of amides is 1. The Balaban J connectivity index is 0.000000333. The lowest BCUT2D eigenvalue weighted by Crippen LogP contribution is -2.27. The summed E-state index contributed by atoms with van der Waals surface area (Å²) in [4.78, 5) is 14.1. The molecule has 0 bridgehead atoms. The highest BCUT2D eigenvalue weighted by molar-refractivity contribution is 5.65. The molecule has 0 aliphatic rings. The number of aliphatic hydroxyl groups is 1. The topological polar surface area (TPSA) is 85.4 Å². The first-order chi connectivity index (χ1) is 11.8. The van der Waals surface area contributed by atoms with E-state index in [0.717, 1.165) is 24.8 Å². The molecule has 3 N–H and O–H groups in total. The number of primary amides is 1. The van der Waals surface area contributed by atoms with Gasteiger partial charge >= 0.3 is 6.09 Å². The van der Waals surface area contributed by atoms with Crippen LogP contribution in [-0.2, 0) is 24.2 Å². The van der Waals surface area contributed by atoms with Crippen molar-refractivity contribution in [1.29, 1.82) is 0 Å². The second-order valence-corrected chi connectivity index (χ2v) is 6.73. The average molecular weight is 344 g/mol. The Bertz CT molecular complexity index is 637. The molecule has 0 spiro atoms. The quantitative estimate of drug-likeness (QED) is 0.867. The van der Waals surface area contributed by atoms with E-state index in [-0.39, 0.29) is 6.61 Å². The Morgan fingerprint density at radius 2 is 1.68 bits per heavy atom. The number of carbonyl (C=O) groups is 1. The number of aliphatic hydroxyl groups excluding tert-OH is 1. The van der Waals surface area contributed by atoms with Gasteiger partial charge in [-0.25, -0.2) is 4.79 Å². The first-order valence-corrected chi connectivity index (χ1v) is 8.36. The summed E-state index contributed by atoms with van der Waals surface area (Å²) >= 11 is 0. The fraction of sp³-hybridized carbons (Fsp3) is 0.400. The van der Waals surface area contributed by atoms with Crippen molar-refractivity contribution in [2.24, 2.45) is 5.73 Å². The van der Waals surface area contributed by atoms with Crippen molar-refractivity contribution >= 4 is 6.09 Å². The first kappa shape index (κ1) is 20.6. The van der Waals surface area contributed by atoms with E-state index in [1.807, 2.05) is 18.3 Å². The molecule has 0 saturated heterocycles. The Morgan fingerprint density at radius 3 is 2.20 bits per heavy atom. The molecule has 1 aromatic carbocycles. The third-order valence-electron chi connectivity index (χ3n) is 3.21. The number of ether oxygens (including phenoxy) is 1. The van der Waals surface area contributed by atoms with Crippen LogP contribution in [0.25, 0.3) is 0 Å². The zero-order valence-electron chi connectivity index (χ0n) is 15.2. The number of aromatic nitrogens is 1. The summed E-state index contributed by atoms with van der Waals surface area (Å²) in [7, 11) is 0. The van der Waals surface area contributed by atoms with Gasteiger partial charge in [0.25, 0.3) is 0 Å². The van der Waals surface area contributed by atoms with Crippen molar-refractivity contribution in [3.63, 3.8) is 0 Å². The molecule has 5 heteroatoms. The second kappa shape index (κ2) is 10.5. The van der Waals surface area contributed by atoms with Crippen molar-refractivity contribution < 1.29 is 14.6 Å². The number of pyridine rings is 1. The zero-order chi connectivity index (χ0) is 18.7. The minimum atomic E-state index is -0.725. The highest BCUT2D eigenvalue weighted by atomic mass is 16.6. The van der Waals surface area contributed by atoms with E-state index in [1.165, 1.54) is 11.1 Å². The molecular weight excluding hydrogens is 316 g/mol. The van der Waals surface area contributed by atoms with Crippen LogP contribution in [0.4, 0.5) is 4.79 Å². The lowest BCUT2D eigenvalue weighted by molar-refractivity contribution is 0.0600. The van der Waals surface area contributed by atoms with Crippen LogP contribution in [0.2, 0.25) is 0 Å². The van der Waals surface area contributed by atoms with E-state index in [1.54, 1.807) is 27.0 Å². The predicted octanol–water partition coefficient (Wildman–Crippen LogP) is 3.63. The molecule has 5 nitrogen and oxygen atoms in total. The predicted molar refractivity (Wildman–Crippen MR) is 99.0 cm³/mol. The Labute approximate surface area is 149 Å². The number of nitrogens with two attached hydrogens (primary N) is 1. The minimum absolute atomic E-state index is 0.0690. The lowest BCUT2D eigenvalue weighted by atomic mass is 10.0. The van der Waals surface area contributed by atoms with Crippen molar-refractivity contribution in [3.05, 3.63) is 65.5 Å². The monoisotopic (exact) mass is 344 g/mol. The van der Waals surface area contributed by atoms with Crippen LogP contribution in [0.5, 0.6) is 0 Å². The number of hydrogen-bond donors (Lipinski definition) is 2. The van der Waals surface area contributed by atoms with Gasteiger partial charge in [0.05, 0.1) is 6.61 Å². The number of carbonyl (C=O) groups excluding carboxylic acids is 1. The lowest BCUT2D eigenvalue weighted by Gasteiger charge is -2.16. The summed E-state index contributed by atoms with van der Waals surface area (Å²) in [5.74, 6) is 0. The summed E-state index contributed by atoms with van der Waals surface area (Å²) in [5, 5.41) is 9.03.